The van der Waals surface area contributed by atoms with E-state index in [1.54, 1.807) is 36.2 Å². The molecule has 0 radical (unpaired) electrons. The zero-order chi connectivity index (χ0) is 14.3. The Morgan fingerprint density at radius 2 is 1.89 bits per heavy atom. The van der Waals surface area contributed by atoms with Gasteiger partial charge in [-0.3, -0.25) is 9.69 Å². The molecule has 0 aromatic heterocycles. The van der Waals surface area contributed by atoms with Crippen LogP contribution in [0.3, 0.4) is 0 Å². The van der Waals surface area contributed by atoms with E-state index < -0.39 is 0 Å². The Balaban J connectivity index is 2.48. The van der Waals surface area contributed by atoms with Crippen molar-refractivity contribution in [1.82, 2.24) is 4.90 Å². The second kappa shape index (κ2) is 7.76. The Hall–Kier alpha value is -1.59. The molecule has 1 aromatic rings. The summed E-state index contributed by atoms with van der Waals surface area (Å²) in [6.45, 7) is 4.49. The molecule has 0 aliphatic heterocycles. The van der Waals surface area contributed by atoms with Crippen molar-refractivity contribution in [3.63, 3.8) is 0 Å². The fourth-order valence-corrected chi connectivity index (χ4v) is 1.43. The molecule has 5 heteroatoms. The average molecular weight is 267 g/mol. The number of nitrogens with zero attached hydrogens (tertiary/aromatic N) is 1. The molecule has 1 rings (SSSR count). The van der Waals surface area contributed by atoms with Crippen molar-refractivity contribution in [2.75, 3.05) is 26.8 Å². The van der Waals surface area contributed by atoms with Gasteiger partial charge in [0.25, 0.3) is 0 Å². The molecule has 5 nitrogen and oxygen atoms in total. The molecule has 1 aromatic carbocycles. The smallest absolute Gasteiger partial charge is 0.325 e. The van der Waals surface area contributed by atoms with E-state index in [0.29, 0.717) is 12.4 Å². The summed E-state index contributed by atoms with van der Waals surface area (Å²) in [5.41, 5.74) is 0. The molecule has 0 aliphatic rings. The van der Waals surface area contributed by atoms with Crippen LogP contribution in [-0.4, -0.2) is 48.8 Å². The van der Waals surface area contributed by atoms with Gasteiger partial charge in [-0.2, -0.15) is 0 Å². The van der Waals surface area contributed by atoms with Gasteiger partial charge in [0.2, 0.25) is 0 Å². The lowest BCUT2D eigenvalue weighted by Gasteiger charge is -2.21. The lowest BCUT2D eigenvalue weighted by molar-refractivity contribution is -0.135. The highest BCUT2D eigenvalue weighted by Crippen LogP contribution is 2.17. The van der Waals surface area contributed by atoms with Crippen molar-refractivity contribution in [1.29, 1.82) is 0 Å². The zero-order valence-corrected chi connectivity index (χ0v) is 11.6. The minimum atomic E-state index is -0.355. The molecular weight excluding hydrogens is 246 g/mol. The van der Waals surface area contributed by atoms with Crippen LogP contribution in [0, 0.1) is 0 Å². The Bertz CT molecular complexity index is 391. The maximum absolute atomic E-state index is 11.7. The molecule has 0 saturated carbocycles. The molecule has 0 spiro atoms. The van der Waals surface area contributed by atoms with E-state index in [2.05, 4.69) is 0 Å². The molecule has 1 N–H and O–H groups in total. The summed E-state index contributed by atoms with van der Waals surface area (Å²) in [6.07, 6.45) is 0. The van der Waals surface area contributed by atoms with Crippen LogP contribution in [0.5, 0.6) is 11.5 Å². The van der Waals surface area contributed by atoms with Crippen LogP contribution in [0.4, 0.5) is 0 Å². The number of carbonyl (C=O) groups excluding carboxylic acids is 1. The standard InChI is InChI=1S/C14H21NO4/c1-4-18-12-5-7-13(8-6-12)19-14(17)9-15(3)11(2)10-16/h5-8,11,16H,4,9-10H2,1-3H3. The summed E-state index contributed by atoms with van der Waals surface area (Å²) < 4.78 is 10.5. The summed E-state index contributed by atoms with van der Waals surface area (Å²) in [7, 11) is 1.76. The second-order valence-corrected chi connectivity index (χ2v) is 4.33. The number of rotatable bonds is 7. The number of ether oxygens (including phenoxy) is 2. The van der Waals surface area contributed by atoms with E-state index in [4.69, 9.17) is 14.6 Å². The van der Waals surface area contributed by atoms with E-state index in [-0.39, 0.29) is 25.2 Å². The minimum Gasteiger partial charge on any atom is -0.494 e. The maximum Gasteiger partial charge on any atom is 0.325 e. The molecule has 0 fully saturated rings. The Labute approximate surface area is 113 Å². The van der Waals surface area contributed by atoms with Gasteiger partial charge < -0.3 is 14.6 Å². The molecular formula is C14H21NO4. The number of benzene rings is 1. The Morgan fingerprint density at radius 1 is 1.32 bits per heavy atom. The molecule has 19 heavy (non-hydrogen) atoms. The molecule has 0 heterocycles. The van der Waals surface area contributed by atoms with E-state index in [1.165, 1.54) is 0 Å². The van der Waals surface area contributed by atoms with E-state index >= 15 is 0 Å². The van der Waals surface area contributed by atoms with Crippen LogP contribution in [0.25, 0.3) is 0 Å². The molecule has 1 atom stereocenters. The summed E-state index contributed by atoms with van der Waals surface area (Å²) in [5.74, 6) is 0.874. The predicted octanol–water partition coefficient (Wildman–Crippen LogP) is 1.30. The monoisotopic (exact) mass is 267 g/mol. The highest BCUT2D eigenvalue weighted by atomic mass is 16.5. The number of aliphatic hydroxyl groups excluding tert-OH is 1. The fraction of sp³-hybridized carbons (Fsp3) is 0.500. The van der Waals surface area contributed by atoms with Crippen molar-refractivity contribution in [2.24, 2.45) is 0 Å². The number of esters is 1. The third-order valence-electron chi connectivity index (χ3n) is 2.76. The molecule has 0 saturated heterocycles. The summed E-state index contributed by atoms with van der Waals surface area (Å²) in [6, 6.07) is 6.82. The number of hydrogen-bond donors (Lipinski definition) is 1. The van der Waals surface area contributed by atoms with Gasteiger partial charge in [0.1, 0.15) is 11.5 Å². The number of hydrogen-bond acceptors (Lipinski definition) is 5. The van der Waals surface area contributed by atoms with Crippen LogP contribution in [0.15, 0.2) is 24.3 Å². The Morgan fingerprint density at radius 3 is 2.42 bits per heavy atom. The minimum absolute atomic E-state index is 0.00678. The lowest BCUT2D eigenvalue weighted by atomic mass is 10.3. The van der Waals surface area contributed by atoms with Crippen molar-refractivity contribution < 1.29 is 19.4 Å². The van der Waals surface area contributed by atoms with Crippen molar-refractivity contribution in [3.8, 4) is 11.5 Å². The van der Waals surface area contributed by atoms with Gasteiger partial charge in [-0.25, -0.2) is 0 Å². The van der Waals surface area contributed by atoms with E-state index in [1.807, 2.05) is 13.8 Å². The molecule has 0 bridgehead atoms. The van der Waals surface area contributed by atoms with Gasteiger partial charge >= 0.3 is 5.97 Å². The first-order chi connectivity index (χ1) is 9.06. The van der Waals surface area contributed by atoms with Gasteiger partial charge in [0.05, 0.1) is 19.8 Å². The fourth-order valence-electron chi connectivity index (χ4n) is 1.43. The number of likely N-dealkylation sites (N-methyl/N-ethyl adjacent to an activating group) is 1. The van der Waals surface area contributed by atoms with Crippen molar-refractivity contribution in [2.45, 2.75) is 19.9 Å². The summed E-state index contributed by atoms with van der Waals surface area (Å²) in [5, 5.41) is 8.98. The van der Waals surface area contributed by atoms with Crippen molar-refractivity contribution >= 4 is 5.97 Å². The largest absolute Gasteiger partial charge is 0.494 e. The first-order valence-electron chi connectivity index (χ1n) is 6.31. The normalized spacial score (nSPS) is 12.3. The van der Waals surface area contributed by atoms with Crippen LogP contribution < -0.4 is 9.47 Å². The van der Waals surface area contributed by atoms with Crippen molar-refractivity contribution in [3.05, 3.63) is 24.3 Å². The molecule has 0 aliphatic carbocycles. The van der Waals surface area contributed by atoms with Crippen LogP contribution in [0.1, 0.15) is 13.8 Å². The lowest BCUT2D eigenvalue weighted by Crippen LogP contribution is -2.37. The van der Waals surface area contributed by atoms with E-state index in [0.717, 1.165) is 5.75 Å². The van der Waals surface area contributed by atoms with Crippen LogP contribution >= 0.6 is 0 Å². The van der Waals surface area contributed by atoms with Gasteiger partial charge in [-0.1, -0.05) is 0 Å². The van der Waals surface area contributed by atoms with E-state index in [9.17, 15) is 4.79 Å². The quantitative estimate of drug-likeness (QED) is 0.596. The molecule has 106 valence electrons. The first kappa shape index (κ1) is 15.5. The maximum atomic E-state index is 11.7. The number of aliphatic hydroxyl groups is 1. The van der Waals surface area contributed by atoms with Gasteiger partial charge in [0, 0.05) is 6.04 Å². The molecule has 1 unspecified atom stereocenters. The molecule has 0 amide bonds. The van der Waals surface area contributed by atoms with Gasteiger partial charge in [-0.05, 0) is 45.2 Å². The topological polar surface area (TPSA) is 59.0 Å². The predicted molar refractivity (Wildman–Crippen MR) is 72.4 cm³/mol. The van der Waals surface area contributed by atoms with Crippen LogP contribution in [0.2, 0.25) is 0 Å². The van der Waals surface area contributed by atoms with Gasteiger partial charge in [0.15, 0.2) is 0 Å². The first-order valence-corrected chi connectivity index (χ1v) is 6.31. The SMILES string of the molecule is CCOc1ccc(OC(=O)CN(C)C(C)CO)cc1. The third-order valence-corrected chi connectivity index (χ3v) is 2.76. The third kappa shape index (κ3) is 5.28. The highest BCUT2D eigenvalue weighted by molar-refractivity contribution is 5.74. The Kier molecular flexibility index (Phi) is 6.32. The zero-order valence-electron chi connectivity index (χ0n) is 11.6. The van der Waals surface area contributed by atoms with Gasteiger partial charge in [-0.15, -0.1) is 0 Å². The number of carbonyl (C=O) groups is 1. The van der Waals surface area contributed by atoms with Crippen LogP contribution in [-0.2, 0) is 4.79 Å². The summed E-state index contributed by atoms with van der Waals surface area (Å²) in [4.78, 5) is 13.4. The summed E-state index contributed by atoms with van der Waals surface area (Å²) >= 11 is 0. The average Bonchev–Trinajstić information content (AvgIpc) is 2.40. The highest BCUT2D eigenvalue weighted by Gasteiger charge is 2.13. The second-order valence-electron chi connectivity index (χ2n) is 4.33.